The van der Waals surface area contributed by atoms with Crippen LogP contribution in [0.2, 0.25) is 0 Å². The van der Waals surface area contributed by atoms with Crippen molar-refractivity contribution >= 4 is 68.6 Å². The highest BCUT2D eigenvalue weighted by molar-refractivity contribution is 7.00. The highest BCUT2D eigenvalue weighted by Crippen LogP contribution is 2.64. The molecular formula is C76H78BN3. The van der Waals surface area contributed by atoms with E-state index in [0.717, 1.165) is 18.5 Å². The second kappa shape index (κ2) is 18.0. The summed E-state index contributed by atoms with van der Waals surface area (Å²) in [5, 5.41) is 0. The van der Waals surface area contributed by atoms with Crippen LogP contribution in [0.3, 0.4) is 0 Å². The Morgan fingerprint density at radius 1 is 0.375 bits per heavy atom. The van der Waals surface area contributed by atoms with Crippen molar-refractivity contribution in [3.8, 4) is 22.3 Å². The number of hydrogen-bond donors (Lipinski definition) is 0. The molecule has 4 heteroatoms. The maximum Gasteiger partial charge on any atom is 0.252 e. The summed E-state index contributed by atoms with van der Waals surface area (Å²) in [6, 6.07) is 75.6. The van der Waals surface area contributed by atoms with Crippen molar-refractivity contribution in [1.29, 1.82) is 0 Å². The summed E-state index contributed by atoms with van der Waals surface area (Å²) >= 11 is 0. The molecule has 0 saturated heterocycles. The molecule has 0 N–H and O–H groups in total. The topological polar surface area (TPSA) is 9.72 Å². The molecular weight excluding hydrogens is 966 g/mol. The summed E-state index contributed by atoms with van der Waals surface area (Å²) in [6.45, 7) is 33.2. The second-order valence-corrected chi connectivity index (χ2v) is 28.2. The number of hydrogen-bond acceptors (Lipinski definition) is 3. The summed E-state index contributed by atoms with van der Waals surface area (Å²) in [5.41, 5.74) is 27.5. The number of aryl methyl sites for hydroxylation is 1. The Morgan fingerprint density at radius 3 is 1.54 bits per heavy atom. The van der Waals surface area contributed by atoms with Gasteiger partial charge in [-0.25, -0.2) is 0 Å². The maximum absolute atomic E-state index is 2.76. The van der Waals surface area contributed by atoms with Gasteiger partial charge in [-0.2, -0.15) is 0 Å². The van der Waals surface area contributed by atoms with E-state index in [9.17, 15) is 0 Å². The van der Waals surface area contributed by atoms with Gasteiger partial charge >= 0.3 is 0 Å². The molecule has 3 aliphatic heterocycles. The van der Waals surface area contributed by atoms with E-state index in [1.807, 2.05) is 0 Å². The van der Waals surface area contributed by atoms with Gasteiger partial charge in [-0.05, 0) is 174 Å². The summed E-state index contributed by atoms with van der Waals surface area (Å²) in [7, 11) is 0. The molecule has 0 radical (unpaired) electrons. The molecule has 80 heavy (non-hydrogen) atoms. The van der Waals surface area contributed by atoms with E-state index < -0.39 is 0 Å². The van der Waals surface area contributed by atoms with Crippen LogP contribution in [0.1, 0.15) is 142 Å². The smallest absolute Gasteiger partial charge is 0.252 e. The number of nitrogens with zero attached hydrogens (tertiary/aromatic N) is 3. The predicted octanol–water partition coefficient (Wildman–Crippen LogP) is 18.6. The molecule has 0 spiro atoms. The van der Waals surface area contributed by atoms with Crippen LogP contribution in [0.5, 0.6) is 0 Å². The standard InChI is InChI=1S/C76H78BN3/c1-71(2,3)53-30-34-57(35-31-53)78-67-48-58(80-65-40-33-55(73(7,8)9)45-61(65)75(13)42-41-51-27-21-22-28-60(51)76(75,80)14)36-38-63(67)77-62-37-29-52(49-23-17-15-18-24-49)43-66(62)79(69-47-56(74(10,11)12)46-68(78)70(69)77)64-39-32-54(72(4,5)6)44-59(64)50-25-19-16-20-26-50/h15-40,43-48H,41-42H2,1-14H3. The quantitative estimate of drug-likeness (QED) is 0.159. The summed E-state index contributed by atoms with van der Waals surface area (Å²) in [4.78, 5) is 8.06. The molecule has 2 atom stereocenters. The summed E-state index contributed by atoms with van der Waals surface area (Å²) in [6.07, 6.45) is 2.14. The van der Waals surface area contributed by atoms with Crippen LogP contribution in [-0.4, -0.2) is 6.71 Å². The van der Waals surface area contributed by atoms with Crippen LogP contribution >= 0.6 is 0 Å². The SMILES string of the molecule is CC(C)(C)c1ccc(N2c3cc(N4c5ccc(C(C)(C)C)cc5C5(C)CCc6ccccc6C45C)ccc3B3c4ccc(-c5ccccc5)cc4N(c4ccc(C(C)(C)C)cc4-c4ccccc4)c4cc(C(C)(C)C)cc2c43)cc1. The van der Waals surface area contributed by atoms with E-state index in [-0.39, 0.29) is 39.3 Å². The zero-order chi connectivity index (χ0) is 56.1. The molecule has 0 aromatic heterocycles. The second-order valence-electron chi connectivity index (χ2n) is 28.2. The van der Waals surface area contributed by atoms with Gasteiger partial charge < -0.3 is 14.7 Å². The molecule has 4 aliphatic rings. The Morgan fingerprint density at radius 2 is 0.900 bits per heavy atom. The predicted molar refractivity (Wildman–Crippen MR) is 344 cm³/mol. The van der Waals surface area contributed by atoms with Crippen molar-refractivity contribution in [2.24, 2.45) is 0 Å². The van der Waals surface area contributed by atoms with Crippen molar-refractivity contribution in [2.45, 2.75) is 142 Å². The van der Waals surface area contributed by atoms with Crippen LogP contribution in [0.15, 0.2) is 194 Å². The van der Waals surface area contributed by atoms with Gasteiger partial charge in [-0.1, -0.05) is 223 Å². The Balaban J connectivity index is 1.13. The Bertz CT molecular complexity index is 3920. The molecule has 400 valence electrons. The van der Waals surface area contributed by atoms with Gasteiger partial charge in [0.1, 0.15) is 0 Å². The van der Waals surface area contributed by atoms with Crippen molar-refractivity contribution < 1.29 is 0 Å². The fourth-order valence-corrected chi connectivity index (χ4v) is 14.2. The molecule has 0 amide bonds. The fourth-order valence-electron chi connectivity index (χ4n) is 14.2. The maximum atomic E-state index is 2.76. The molecule has 3 nitrogen and oxygen atoms in total. The van der Waals surface area contributed by atoms with Crippen LogP contribution in [0, 0.1) is 0 Å². The van der Waals surface area contributed by atoms with E-state index in [2.05, 4.69) is 306 Å². The van der Waals surface area contributed by atoms with Gasteiger partial charge in [0.25, 0.3) is 6.71 Å². The van der Waals surface area contributed by atoms with E-state index in [0.29, 0.717) is 0 Å². The van der Waals surface area contributed by atoms with Gasteiger partial charge in [-0.15, -0.1) is 0 Å². The summed E-state index contributed by atoms with van der Waals surface area (Å²) in [5.74, 6) is 0. The molecule has 0 fully saturated rings. The molecule has 13 rings (SSSR count). The highest BCUT2D eigenvalue weighted by Gasteiger charge is 2.60. The highest BCUT2D eigenvalue weighted by atomic mass is 15.3. The number of benzene rings is 9. The normalized spacial score (nSPS) is 18.3. The molecule has 0 saturated carbocycles. The van der Waals surface area contributed by atoms with E-state index in [1.54, 1.807) is 0 Å². The molecule has 2 unspecified atom stereocenters. The largest absolute Gasteiger partial charge is 0.330 e. The van der Waals surface area contributed by atoms with Crippen LogP contribution in [0.4, 0.5) is 45.5 Å². The van der Waals surface area contributed by atoms with Crippen molar-refractivity contribution in [3.63, 3.8) is 0 Å². The Labute approximate surface area is 478 Å². The van der Waals surface area contributed by atoms with Crippen LogP contribution in [0.25, 0.3) is 22.3 Å². The van der Waals surface area contributed by atoms with E-state index >= 15 is 0 Å². The van der Waals surface area contributed by atoms with Crippen LogP contribution < -0.4 is 31.1 Å². The monoisotopic (exact) mass is 1040 g/mol. The lowest BCUT2D eigenvalue weighted by atomic mass is 9.33. The van der Waals surface area contributed by atoms with Gasteiger partial charge in [0.05, 0.1) is 11.2 Å². The first kappa shape index (κ1) is 51.9. The Hall–Kier alpha value is -7.56. The van der Waals surface area contributed by atoms with E-state index in [4.69, 9.17) is 0 Å². The van der Waals surface area contributed by atoms with Gasteiger partial charge in [0.15, 0.2) is 0 Å². The first-order valence-electron chi connectivity index (χ1n) is 29.4. The third kappa shape index (κ3) is 7.97. The third-order valence-electron chi connectivity index (χ3n) is 19.1. The zero-order valence-corrected chi connectivity index (χ0v) is 49.8. The zero-order valence-electron chi connectivity index (χ0n) is 49.8. The minimum atomic E-state index is -0.363. The van der Waals surface area contributed by atoms with Gasteiger partial charge in [0, 0.05) is 50.8 Å². The van der Waals surface area contributed by atoms with E-state index in [1.165, 1.54) is 117 Å². The number of rotatable bonds is 5. The lowest BCUT2D eigenvalue weighted by Gasteiger charge is -2.51. The fraction of sp³-hybridized carbons (Fsp3) is 0.289. The number of fused-ring (bicyclic) bond motifs is 9. The molecule has 0 bridgehead atoms. The van der Waals surface area contributed by atoms with Gasteiger partial charge in [-0.3, -0.25) is 0 Å². The summed E-state index contributed by atoms with van der Waals surface area (Å²) < 4.78 is 0. The third-order valence-corrected chi connectivity index (χ3v) is 19.1. The van der Waals surface area contributed by atoms with Crippen molar-refractivity contribution in [3.05, 3.63) is 233 Å². The Kier molecular flexibility index (Phi) is 11.7. The van der Waals surface area contributed by atoms with Crippen molar-refractivity contribution in [1.82, 2.24) is 0 Å². The average Bonchev–Trinajstić information content (AvgIpc) is 3.68. The first-order valence-corrected chi connectivity index (χ1v) is 29.4. The lowest BCUT2D eigenvalue weighted by molar-refractivity contribution is 0.245. The minimum Gasteiger partial charge on any atom is -0.330 e. The molecule has 3 heterocycles. The molecule has 9 aromatic rings. The first-order chi connectivity index (χ1) is 37.9. The number of anilines is 8. The minimum absolute atomic E-state index is 0.00187. The molecule has 1 aliphatic carbocycles. The van der Waals surface area contributed by atoms with Crippen molar-refractivity contribution in [2.75, 3.05) is 14.7 Å². The van der Waals surface area contributed by atoms with Crippen LogP contribution in [-0.2, 0) is 39.0 Å². The van der Waals surface area contributed by atoms with Gasteiger partial charge in [0.2, 0.25) is 0 Å². The lowest BCUT2D eigenvalue weighted by Crippen LogP contribution is -2.61. The molecule has 9 aromatic carbocycles. The average molecular weight is 1040 g/mol.